The summed E-state index contributed by atoms with van der Waals surface area (Å²) in [5, 5.41) is 6.38. The quantitative estimate of drug-likeness (QED) is 0.853. The molecule has 5 nitrogen and oxygen atoms in total. The van der Waals surface area contributed by atoms with E-state index in [9.17, 15) is 8.42 Å². The first-order valence-electron chi connectivity index (χ1n) is 6.49. The topological polar surface area (TPSA) is 55.2 Å². The van der Waals surface area contributed by atoms with E-state index >= 15 is 0 Å². The van der Waals surface area contributed by atoms with Gasteiger partial charge in [0.1, 0.15) is 0 Å². The van der Waals surface area contributed by atoms with Crippen LogP contribution in [-0.4, -0.2) is 29.0 Å². The van der Waals surface area contributed by atoms with Gasteiger partial charge in [-0.15, -0.1) is 11.3 Å². The number of sulfonamides is 1. The molecule has 0 saturated heterocycles. The van der Waals surface area contributed by atoms with Crippen molar-refractivity contribution in [2.75, 3.05) is 6.54 Å². The van der Waals surface area contributed by atoms with Crippen molar-refractivity contribution in [1.29, 1.82) is 0 Å². The average molecular weight is 311 g/mol. The Hall–Kier alpha value is -1.18. The van der Waals surface area contributed by atoms with E-state index in [1.54, 1.807) is 35.8 Å². The summed E-state index contributed by atoms with van der Waals surface area (Å²) in [4.78, 5) is 1.30. The number of aryl methyl sites for hydroxylation is 2. The molecule has 0 spiro atoms. The molecule has 108 valence electrons. The Bertz CT molecular complexity index is 726. The third kappa shape index (κ3) is 1.92. The zero-order valence-electron chi connectivity index (χ0n) is 11.7. The van der Waals surface area contributed by atoms with Gasteiger partial charge in [0.05, 0.1) is 6.20 Å². The molecule has 1 aliphatic rings. The summed E-state index contributed by atoms with van der Waals surface area (Å²) in [6.07, 6.45) is 2.38. The minimum Gasteiger partial charge on any atom is -0.256 e. The number of nitrogens with zero attached hydrogens (tertiary/aromatic N) is 3. The molecule has 20 heavy (non-hydrogen) atoms. The van der Waals surface area contributed by atoms with Gasteiger partial charge in [0.2, 0.25) is 0 Å². The van der Waals surface area contributed by atoms with E-state index in [0.29, 0.717) is 17.1 Å². The van der Waals surface area contributed by atoms with Gasteiger partial charge in [-0.05, 0) is 37.3 Å². The molecule has 2 aromatic heterocycles. The second-order valence-corrected chi connectivity index (χ2v) is 7.90. The van der Waals surface area contributed by atoms with Gasteiger partial charge in [-0.25, -0.2) is 8.42 Å². The Balaban J connectivity index is 2.06. The first-order chi connectivity index (χ1) is 9.43. The smallest absolute Gasteiger partial charge is 0.256 e. The number of hydrogen-bond donors (Lipinski definition) is 0. The molecule has 3 heterocycles. The van der Waals surface area contributed by atoms with Crippen molar-refractivity contribution in [3.05, 3.63) is 33.6 Å². The molecule has 7 heteroatoms. The molecule has 1 aliphatic heterocycles. The molecule has 1 unspecified atom stereocenters. The summed E-state index contributed by atoms with van der Waals surface area (Å²) in [6, 6.07) is 1.91. The lowest BCUT2D eigenvalue weighted by atomic mass is 10.0. The van der Waals surface area contributed by atoms with Crippen molar-refractivity contribution in [2.45, 2.75) is 31.3 Å². The molecule has 3 rings (SSSR count). The van der Waals surface area contributed by atoms with Crippen molar-refractivity contribution in [2.24, 2.45) is 7.05 Å². The second kappa shape index (κ2) is 4.68. The van der Waals surface area contributed by atoms with Crippen molar-refractivity contribution >= 4 is 21.4 Å². The maximum Gasteiger partial charge on any atom is 0.261 e. The number of fused-ring (bicyclic) bond motifs is 1. The Morgan fingerprint density at radius 2 is 2.20 bits per heavy atom. The van der Waals surface area contributed by atoms with Crippen molar-refractivity contribution in [3.8, 4) is 0 Å². The van der Waals surface area contributed by atoms with Gasteiger partial charge >= 0.3 is 0 Å². The van der Waals surface area contributed by atoms with Crippen LogP contribution >= 0.6 is 11.3 Å². The third-order valence-electron chi connectivity index (χ3n) is 3.83. The molecule has 0 aromatic carbocycles. The number of aromatic nitrogens is 2. The Morgan fingerprint density at radius 1 is 1.45 bits per heavy atom. The Kier molecular flexibility index (Phi) is 3.23. The summed E-state index contributed by atoms with van der Waals surface area (Å²) in [5.74, 6) is 0. The van der Waals surface area contributed by atoms with Crippen LogP contribution in [-0.2, 0) is 23.5 Å². The molecular weight excluding hydrogens is 294 g/mol. The summed E-state index contributed by atoms with van der Waals surface area (Å²) in [5.41, 5.74) is 1.82. The van der Waals surface area contributed by atoms with Gasteiger partial charge in [0.25, 0.3) is 10.0 Å². The minimum atomic E-state index is -3.51. The fourth-order valence-corrected chi connectivity index (χ4v) is 5.72. The van der Waals surface area contributed by atoms with Crippen molar-refractivity contribution < 1.29 is 8.42 Å². The van der Waals surface area contributed by atoms with E-state index in [1.807, 2.05) is 18.4 Å². The van der Waals surface area contributed by atoms with E-state index in [0.717, 1.165) is 12.0 Å². The third-order valence-corrected chi connectivity index (χ3v) is 7.02. The maximum absolute atomic E-state index is 12.9. The van der Waals surface area contributed by atoms with Gasteiger partial charge in [0.15, 0.2) is 5.03 Å². The Morgan fingerprint density at radius 3 is 2.85 bits per heavy atom. The molecule has 0 saturated carbocycles. The maximum atomic E-state index is 12.9. The molecule has 0 fully saturated rings. The Labute approximate surface area is 122 Å². The molecule has 0 bridgehead atoms. The summed E-state index contributed by atoms with van der Waals surface area (Å²) in [7, 11) is -1.84. The molecule has 0 N–H and O–H groups in total. The van der Waals surface area contributed by atoms with Crippen LogP contribution in [0, 0.1) is 6.92 Å². The van der Waals surface area contributed by atoms with E-state index in [4.69, 9.17) is 0 Å². The van der Waals surface area contributed by atoms with E-state index in [-0.39, 0.29) is 6.04 Å². The molecule has 0 amide bonds. The SMILES string of the molecule is Cc1cnn(C)c1S(=O)(=O)N1CCc2sccc2C1C. The van der Waals surface area contributed by atoms with Crippen LogP contribution in [0.3, 0.4) is 0 Å². The van der Waals surface area contributed by atoms with Crippen molar-refractivity contribution in [1.82, 2.24) is 14.1 Å². The zero-order valence-corrected chi connectivity index (χ0v) is 13.3. The molecule has 0 radical (unpaired) electrons. The average Bonchev–Trinajstić information content (AvgIpc) is 2.97. The number of thiophene rings is 1. The van der Waals surface area contributed by atoms with E-state index in [1.165, 1.54) is 9.56 Å². The van der Waals surface area contributed by atoms with Gasteiger partial charge < -0.3 is 0 Å². The number of rotatable bonds is 2. The molecule has 1 atom stereocenters. The molecule has 0 aliphatic carbocycles. The fraction of sp³-hybridized carbons (Fsp3) is 0.462. The standard InChI is InChI=1S/C13H17N3O2S2/c1-9-8-14-15(3)13(9)20(17,18)16-6-4-12-11(10(16)2)5-7-19-12/h5,7-8,10H,4,6H2,1-3H3. The second-order valence-electron chi connectivity index (χ2n) is 5.10. The summed E-state index contributed by atoms with van der Waals surface area (Å²) < 4.78 is 28.8. The first-order valence-corrected chi connectivity index (χ1v) is 8.81. The van der Waals surface area contributed by atoms with E-state index < -0.39 is 10.0 Å². The highest BCUT2D eigenvalue weighted by Crippen LogP contribution is 2.36. The van der Waals surface area contributed by atoms with Crippen molar-refractivity contribution in [3.63, 3.8) is 0 Å². The van der Waals surface area contributed by atoms with Crippen LogP contribution in [0.1, 0.15) is 29.0 Å². The highest BCUT2D eigenvalue weighted by Gasteiger charge is 2.36. The minimum absolute atomic E-state index is 0.121. The zero-order chi connectivity index (χ0) is 14.5. The summed E-state index contributed by atoms with van der Waals surface area (Å²) >= 11 is 1.71. The van der Waals surface area contributed by atoms with Gasteiger partial charge in [0, 0.05) is 30.1 Å². The summed E-state index contributed by atoms with van der Waals surface area (Å²) in [6.45, 7) is 4.26. The normalized spacial score (nSPS) is 20.1. The molecule has 2 aromatic rings. The predicted octanol–water partition coefficient (Wildman–Crippen LogP) is 2.10. The lowest BCUT2D eigenvalue weighted by Crippen LogP contribution is -2.39. The van der Waals surface area contributed by atoms with Gasteiger partial charge in [-0.1, -0.05) is 0 Å². The van der Waals surface area contributed by atoms with E-state index in [2.05, 4.69) is 5.10 Å². The lowest BCUT2D eigenvalue weighted by Gasteiger charge is -2.32. The van der Waals surface area contributed by atoms with Gasteiger partial charge in [-0.2, -0.15) is 9.40 Å². The first kappa shape index (κ1) is 13.8. The monoisotopic (exact) mass is 311 g/mol. The van der Waals surface area contributed by atoms with Crippen LogP contribution in [0.25, 0.3) is 0 Å². The van der Waals surface area contributed by atoms with Crippen LogP contribution < -0.4 is 0 Å². The highest BCUT2D eigenvalue weighted by molar-refractivity contribution is 7.89. The van der Waals surface area contributed by atoms with Crippen LogP contribution in [0.5, 0.6) is 0 Å². The fourth-order valence-electron chi connectivity index (χ4n) is 2.83. The van der Waals surface area contributed by atoms with Crippen LogP contribution in [0.4, 0.5) is 0 Å². The highest BCUT2D eigenvalue weighted by atomic mass is 32.2. The predicted molar refractivity (Wildman–Crippen MR) is 78.3 cm³/mol. The lowest BCUT2D eigenvalue weighted by molar-refractivity contribution is 0.326. The largest absolute Gasteiger partial charge is 0.261 e. The van der Waals surface area contributed by atoms with Crippen LogP contribution in [0.2, 0.25) is 0 Å². The van der Waals surface area contributed by atoms with Crippen LogP contribution in [0.15, 0.2) is 22.7 Å². The number of hydrogen-bond acceptors (Lipinski definition) is 4. The molecular formula is C13H17N3O2S2. The van der Waals surface area contributed by atoms with Gasteiger partial charge in [-0.3, -0.25) is 4.68 Å².